The van der Waals surface area contributed by atoms with Gasteiger partial charge in [-0.15, -0.1) is 0 Å². The highest BCUT2D eigenvalue weighted by Gasteiger charge is 2.51. The third kappa shape index (κ3) is 3.42. The van der Waals surface area contributed by atoms with Crippen molar-refractivity contribution in [3.63, 3.8) is 0 Å². The van der Waals surface area contributed by atoms with E-state index in [-0.39, 0.29) is 24.8 Å². The number of hydrogen-bond donors (Lipinski definition) is 1. The van der Waals surface area contributed by atoms with Gasteiger partial charge in [-0.1, -0.05) is 19.3 Å². The van der Waals surface area contributed by atoms with Crippen molar-refractivity contribution in [2.75, 3.05) is 25.1 Å². The summed E-state index contributed by atoms with van der Waals surface area (Å²) in [6, 6.07) is 3.40. The zero-order valence-corrected chi connectivity index (χ0v) is 16.5. The number of hydrogen-bond acceptors (Lipinski definition) is 5. The van der Waals surface area contributed by atoms with E-state index in [2.05, 4.69) is 21.2 Å². The van der Waals surface area contributed by atoms with E-state index in [0.717, 1.165) is 37.0 Å². The van der Waals surface area contributed by atoms with Crippen LogP contribution < -0.4 is 14.8 Å². The number of imide groups is 1. The number of benzene rings is 1. The predicted octanol–water partition coefficient (Wildman–Crippen LogP) is 2.87. The van der Waals surface area contributed by atoms with E-state index in [4.69, 9.17) is 9.47 Å². The number of amides is 3. The number of fused-ring (bicyclic) bond motifs is 1. The quantitative estimate of drug-likeness (QED) is 0.736. The predicted molar refractivity (Wildman–Crippen MR) is 101 cm³/mol. The van der Waals surface area contributed by atoms with Crippen LogP contribution in [0.1, 0.15) is 38.5 Å². The van der Waals surface area contributed by atoms with Crippen LogP contribution in [0.15, 0.2) is 16.6 Å². The molecule has 1 N–H and O–H groups in total. The lowest BCUT2D eigenvalue weighted by Crippen LogP contribution is -2.41. The molecule has 2 aliphatic heterocycles. The fourth-order valence-corrected chi connectivity index (χ4v) is 4.55. The molecule has 1 aromatic carbocycles. The molecule has 1 saturated carbocycles. The van der Waals surface area contributed by atoms with E-state index in [1.165, 1.54) is 0 Å². The summed E-state index contributed by atoms with van der Waals surface area (Å²) in [6.45, 7) is 0.660. The first kappa shape index (κ1) is 18.3. The van der Waals surface area contributed by atoms with Crippen LogP contribution in [0.2, 0.25) is 0 Å². The lowest BCUT2D eigenvalue weighted by molar-refractivity contribution is -0.144. The van der Waals surface area contributed by atoms with Gasteiger partial charge in [0.2, 0.25) is 17.7 Å². The zero-order valence-electron chi connectivity index (χ0n) is 14.9. The zero-order chi connectivity index (χ0) is 19.0. The van der Waals surface area contributed by atoms with Crippen LogP contribution in [-0.2, 0) is 14.4 Å². The van der Waals surface area contributed by atoms with Crippen molar-refractivity contribution in [3.05, 3.63) is 16.6 Å². The van der Waals surface area contributed by atoms with Gasteiger partial charge in [0.25, 0.3) is 0 Å². The number of anilines is 1. The van der Waals surface area contributed by atoms with Crippen LogP contribution in [0.3, 0.4) is 0 Å². The monoisotopic (exact) mass is 436 g/mol. The summed E-state index contributed by atoms with van der Waals surface area (Å²) in [5, 5.41) is 2.75. The van der Waals surface area contributed by atoms with Gasteiger partial charge < -0.3 is 14.8 Å². The van der Waals surface area contributed by atoms with Crippen LogP contribution in [0.25, 0.3) is 0 Å². The third-order valence-corrected chi connectivity index (χ3v) is 6.16. The maximum Gasteiger partial charge on any atom is 0.244 e. The molecule has 1 aliphatic carbocycles. The summed E-state index contributed by atoms with van der Waals surface area (Å²) in [5.74, 6) is 0.299. The average molecular weight is 437 g/mol. The topological polar surface area (TPSA) is 84.9 Å². The van der Waals surface area contributed by atoms with Crippen molar-refractivity contribution in [2.24, 2.45) is 5.41 Å². The Bertz CT molecular complexity index is 804. The van der Waals surface area contributed by atoms with Crippen molar-refractivity contribution < 1.29 is 23.9 Å². The molecule has 0 radical (unpaired) electrons. The first-order valence-electron chi connectivity index (χ1n) is 9.22. The fraction of sp³-hybridized carbons (Fsp3) is 0.526. The molecule has 4 rings (SSSR count). The van der Waals surface area contributed by atoms with Crippen LogP contribution in [0, 0.1) is 5.41 Å². The number of ether oxygens (including phenoxy) is 2. The molecule has 7 nitrogen and oxygen atoms in total. The van der Waals surface area contributed by atoms with E-state index in [1.54, 1.807) is 12.1 Å². The van der Waals surface area contributed by atoms with Crippen molar-refractivity contribution in [1.82, 2.24) is 4.90 Å². The normalized spacial score (nSPS) is 20.9. The molecule has 8 heteroatoms. The number of nitrogens with zero attached hydrogens (tertiary/aromatic N) is 1. The summed E-state index contributed by atoms with van der Waals surface area (Å²) in [4.78, 5) is 38.8. The molecule has 3 aliphatic rings. The Kier molecular flexibility index (Phi) is 4.84. The number of halogens is 1. The van der Waals surface area contributed by atoms with Crippen LogP contribution in [0.5, 0.6) is 11.5 Å². The molecular formula is C19H21BrN2O5. The van der Waals surface area contributed by atoms with Crippen molar-refractivity contribution in [3.8, 4) is 11.5 Å². The molecule has 1 aromatic rings. The number of carbonyl (C=O) groups excluding carboxylic acids is 3. The highest BCUT2D eigenvalue weighted by atomic mass is 79.9. The number of carbonyl (C=O) groups is 3. The van der Waals surface area contributed by atoms with Crippen LogP contribution >= 0.6 is 15.9 Å². The minimum absolute atomic E-state index is 0.191. The molecule has 3 amide bonds. The molecule has 144 valence electrons. The van der Waals surface area contributed by atoms with Gasteiger partial charge in [0, 0.05) is 23.0 Å². The molecule has 1 spiro atoms. The van der Waals surface area contributed by atoms with Gasteiger partial charge in [-0.25, -0.2) is 0 Å². The van der Waals surface area contributed by atoms with Gasteiger partial charge in [-0.2, -0.15) is 0 Å². The van der Waals surface area contributed by atoms with Gasteiger partial charge in [0.05, 0.1) is 11.1 Å². The first-order valence-corrected chi connectivity index (χ1v) is 10.0. The van der Waals surface area contributed by atoms with E-state index in [9.17, 15) is 14.4 Å². The van der Waals surface area contributed by atoms with Gasteiger partial charge in [0.15, 0.2) is 11.5 Å². The van der Waals surface area contributed by atoms with Gasteiger partial charge in [-0.3, -0.25) is 19.3 Å². The largest absolute Gasteiger partial charge is 0.486 e. The second-order valence-corrected chi connectivity index (χ2v) is 8.18. The fourth-order valence-electron chi connectivity index (χ4n) is 4.13. The molecule has 0 aromatic heterocycles. The van der Waals surface area contributed by atoms with Crippen LogP contribution in [0.4, 0.5) is 5.69 Å². The summed E-state index contributed by atoms with van der Waals surface area (Å²) >= 11 is 3.40. The molecule has 27 heavy (non-hydrogen) atoms. The minimum Gasteiger partial charge on any atom is -0.486 e. The Morgan fingerprint density at radius 1 is 1.11 bits per heavy atom. The molecule has 1 saturated heterocycles. The number of nitrogens with one attached hydrogen (secondary N) is 1. The Labute approximate surface area is 165 Å². The summed E-state index contributed by atoms with van der Waals surface area (Å²) in [6.07, 6.45) is 4.73. The second kappa shape index (κ2) is 7.14. The van der Waals surface area contributed by atoms with Crippen molar-refractivity contribution in [2.45, 2.75) is 38.5 Å². The van der Waals surface area contributed by atoms with E-state index < -0.39 is 11.3 Å². The van der Waals surface area contributed by atoms with Gasteiger partial charge >= 0.3 is 0 Å². The van der Waals surface area contributed by atoms with E-state index >= 15 is 0 Å². The average Bonchev–Trinajstić information content (AvgIpc) is 2.87. The second-order valence-electron chi connectivity index (χ2n) is 7.33. The van der Waals surface area contributed by atoms with E-state index in [0.29, 0.717) is 34.9 Å². The smallest absolute Gasteiger partial charge is 0.244 e. The first-order chi connectivity index (χ1) is 13.0. The molecule has 2 heterocycles. The Balaban J connectivity index is 1.45. The molecule has 2 fully saturated rings. The van der Waals surface area contributed by atoms with Crippen molar-refractivity contribution >= 4 is 39.3 Å². The summed E-state index contributed by atoms with van der Waals surface area (Å²) in [5.41, 5.74) is -0.0663. The molecular weight excluding hydrogens is 416 g/mol. The number of rotatable bonds is 3. The molecule has 0 unspecified atom stereocenters. The van der Waals surface area contributed by atoms with Crippen molar-refractivity contribution in [1.29, 1.82) is 0 Å². The Morgan fingerprint density at radius 3 is 2.48 bits per heavy atom. The summed E-state index contributed by atoms with van der Waals surface area (Å²) in [7, 11) is 0. The van der Waals surface area contributed by atoms with Gasteiger partial charge in [0.1, 0.15) is 19.8 Å². The minimum atomic E-state index is -0.576. The Hall–Kier alpha value is -2.09. The highest BCUT2D eigenvalue weighted by Crippen LogP contribution is 2.45. The molecule has 0 atom stereocenters. The third-order valence-electron chi connectivity index (χ3n) is 5.51. The van der Waals surface area contributed by atoms with Gasteiger partial charge in [-0.05, 0) is 28.8 Å². The maximum atomic E-state index is 12.8. The maximum absolute atomic E-state index is 12.8. The molecule has 0 bridgehead atoms. The highest BCUT2D eigenvalue weighted by molar-refractivity contribution is 9.10. The lowest BCUT2D eigenvalue weighted by Gasteiger charge is -2.30. The van der Waals surface area contributed by atoms with Crippen LogP contribution in [-0.4, -0.2) is 42.4 Å². The lowest BCUT2D eigenvalue weighted by atomic mass is 9.73. The van der Waals surface area contributed by atoms with E-state index in [1.807, 2.05) is 0 Å². The standard InChI is InChI=1S/C19H21BrN2O5/c20-12-8-14-15(27-7-6-26-14)9-13(12)21-16(23)11-22-17(24)10-19(18(22)25)4-2-1-3-5-19/h8-9H,1-7,10-11H2,(H,21,23). The SMILES string of the molecule is O=C(CN1C(=O)CC2(CCCCC2)C1=O)Nc1cc2c(cc1Br)OCCO2. The summed E-state index contributed by atoms with van der Waals surface area (Å²) < 4.78 is 11.7. The Morgan fingerprint density at radius 2 is 1.78 bits per heavy atom. The number of likely N-dealkylation sites (tertiary alicyclic amines) is 1.